The number of hydrogen-bond donors (Lipinski definition) is 0. The molecule has 1 aromatic heterocycles. The van der Waals surface area contributed by atoms with Gasteiger partial charge in [-0.1, -0.05) is 17.7 Å². The summed E-state index contributed by atoms with van der Waals surface area (Å²) in [4.78, 5) is 27.7. The third-order valence-electron chi connectivity index (χ3n) is 5.03. The van der Waals surface area contributed by atoms with E-state index in [9.17, 15) is 9.59 Å². The molecule has 3 aromatic rings. The highest BCUT2D eigenvalue weighted by molar-refractivity contribution is 6.21. The van der Waals surface area contributed by atoms with Crippen LogP contribution in [0.5, 0.6) is 11.5 Å². The van der Waals surface area contributed by atoms with Crippen molar-refractivity contribution in [3.8, 4) is 11.5 Å². The fraction of sp³-hybridized carbons (Fsp3) is 0.273. The molecular formula is C22H21N3O5. The van der Waals surface area contributed by atoms with Crippen molar-refractivity contribution in [3.63, 3.8) is 0 Å². The monoisotopic (exact) mass is 407 g/mol. The van der Waals surface area contributed by atoms with Crippen LogP contribution in [-0.2, 0) is 6.42 Å². The lowest BCUT2D eigenvalue weighted by molar-refractivity contribution is 0.0576. The molecule has 0 unspecified atom stereocenters. The zero-order valence-corrected chi connectivity index (χ0v) is 16.9. The van der Waals surface area contributed by atoms with Crippen LogP contribution < -0.4 is 9.47 Å². The molecule has 0 saturated heterocycles. The lowest BCUT2D eigenvalue weighted by atomic mass is 10.0. The summed E-state index contributed by atoms with van der Waals surface area (Å²) >= 11 is 0. The molecular weight excluding hydrogens is 386 g/mol. The minimum atomic E-state index is -0.650. The lowest BCUT2D eigenvalue weighted by Crippen LogP contribution is -2.35. The zero-order valence-electron chi connectivity index (χ0n) is 16.9. The Morgan fingerprint density at radius 1 is 1.07 bits per heavy atom. The smallest absolute Gasteiger partial charge is 0.262 e. The van der Waals surface area contributed by atoms with Gasteiger partial charge in [0.2, 0.25) is 12.3 Å². The van der Waals surface area contributed by atoms with Crippen molar-refractivity contribution < 1.29 is 23.5 Å². The normalized spacial score (nSPS) is 14.0. The van der Waals surface area contributed by atoms with Gasteiger partial charge < -0.3 is 13.9 Å². The Hall–Kier alpha value is -3.68. The molecule has 1 aliphatic heterocycles. The van der Waals surface area contributed by atoms with E-state index in [0.717, 1.165) is 5.56 Å². The molecule has 2 amide bonds. The molecule has 4 rings (SSSR count). The maximum absolute atomic E-state index is 13.2. The second-order valence-corrected chi connectivity index (χ2v) is 6.93. The van der Waals surface area contributed by atoms with Crippen LogP contribution in [0.2, 0.25) is 0 Å². The van der Waals surface area contributed by atoms with Gasteiger partial charge in [-0.15, -0.1) is 10.2 Å². The Balaban J connectivity index is 1.79. The highest BCUT2D eigenvalue weighted by Gasteiger charge is 2.41. The lowest BCUT2D eigenvalue weighted by Gasteiger charge is -2.26. The number of hydrogen-bond acceptors (Lipinski definition) is 7. The SMILES string of the molecule is CCOc1cc([C@H](Cc2nnco2)N2C(=O)c3ccc(C)cc3C2=O)ccc1OC. The summed E-state index contributed by atoms with van der Waals surface area (Å²) in [6.07, 6.45) is 1.40. The van der Waals surface area contributed by atoms with Crippen LogP contribution >= 0.6 is 0 Å². The Bertz CT molecular complexity index is 1090. The Morgan fingerprint density at radius 3 is 2.57 bits per heavy atom. The molecule has 0 bridgehead atoms. The van der Waals surface area contributed by atoms with E-state index in [-0.39, 0.29) is 18.2 Å². The fourth-order valence-electron chi connectivity index (χ4n) is 3.63. The first kappa shape index (κ1) is 19.6. The summed E-state index contributed by atoms with van der Waals surface area (Å²) in [5, 5.41) is 7.65. The number of ether oxygens (including phenoxy) is 2. The highest BCUT2D eigenvalue weighted by Crippen LogP contribution is 2.37. The van der Waals surface area contributed by atoms with E-state index in [0.29, 0.717) is 40.7 Å². The number of carbonyl (C=O) groups excluding carboxylic acids is 2. The third-order valence-corrected chi connectivity index (χ3v) is 5.03. The number of carbonyl (C=O) groups is 2. The first-order valence-electron chi connectivity index (χ1n) is 9.57. The van der Waals surface area contributed by atoms with Gasteiger partial charge in [-0.2, -0.15) is 0 Å². The van der Waals surface area contributed by atoms with E-state index < -0.39 is 6.04 Å². The number of methoxy groups -OCH3 is 1. The van der Waals surface area contributed by atoms with Crippen molar-refractivity contribution in [2.75, 3.05) is 13.7 Å². The molecule has 2 heterocycles. The van der Waals surface area contributed by atoms with Crippen molar-refractivity contribution in [2.24, 2.45) is 0 Å². The number of benzene rings is 2. The molecule has 154 valence electrons. The summed E-state index contributed by atoms with van der Waals surface area (Å²) < 4.78 is 16.3. The van der Waals surface area contributed by atoms with Gasteiger partial charge >= 0.3 is 0 Å². The van der Waals surface area contributed by atoms with Gasteiger partial charge in [-0.3, -0.25) is 14.5 Å². The topological polar surface area (TPSA) is 94.8 Å². The van der Waals surface area contributed by atoms with Gasteiger partial charge in [0.25, 0.3) is 11.8 Å². The predicted octanol–water partition coefficient (Wildman–Crippen LogP) is 3.37. The van der Waals surface area contributed by atoms with Crippen LogP contribution in [0.15, 0.2) is 47.2 Å². The van der Waals surface area contributed by atoms with Gasteiger partial charge in [0.1, 0.15) is 0 Å². The van der Waals surface area contributed by atoms with E-state index >= 15 is 0 Å². The Labute approximate surface area is 173 Å². The van der Waals surface area contributed by atoms with Gasteiger partial charge in [0.05, 0.1) is 37.3 Å². The van der Waals surface area contributed by atoms with Crippen molar-refractivity contribution in [1.29, 1.82) is 0 Å². The number of amides is 2. The molecule has 8 nitrogen and oxygen atoms in total. The molecule has 0 fully saturated rings. The number of aromatic nitrogens is 2. The van der Waals surface area contributed by atoms with Crippen LogP contribution in [0.1, 0.15) is 50.7 Å². The molecule has 8 heteroatoms. The maximum Gasteiger partial charge on any atom is 0.262 e. The molecule has 0 spiro atoms. The summed E-state index contributed by atoms with van der Waals surface area (Å²) in [6, 6.07) is 9.93. The second-order valence-electron chi connectivity index (χ2n) is 6.93. The second kappa shape index (κ2) is 7.98. The average Bonchev–Trinajstić information content (AvgIpc) is 3.33. The highest BCUT2D eigenvalue weighted by atomic mass is 16.5. The number of aryl methyl sites for hydroxylation is 1. The van der Waals surface area contributed by atoms with Crippen molar-refractivity contribution in [1.82, 2.24) is 15.1 Å². The standard InChI is InChI=1S/C22H21N3O5/c1-4-29-19-10-14(6-8-18(19)28-3)17(11-20-24-23-12-30-20)25-21(26)15-7-5-13(2)9-16(15)22(25)27/h5-10,12,17H,4,11H2,1-3H3/t17-/m0/s1. The number of imide groups is 1. The first-order valence-corrected chi connectivity index (χ1v) is 9.57. The predicted molar refractivity (Wildman–Crippen MR) is 107 cm³/mol. The van der Waals surface area contributed by atoms with Gasteiger partial charge in [-0.05, 0) is 43.7 Å². The average molecular weight is 407 g/mol. The summed E-state index contributed by atoms with van der Waals surface area (Å²) in [5.74, 6) is 0.711. The van der Waals surface area contributed by atoms with Gasteiger partial charge in [0, 0.05) is 0 Å². The number of nitrogens with zero attached hydrogens (tertiary/aromatic N) is 3. The quantitative estimate of drug-likeness (QED) is 0.554. The third kappa shape index (κ3) is 3.41. The number of fused-ring (bicyclic) bond motifs is 1. The minimum Gasteiger partial charge on any atom is -0.493 e. The minimum absolute atomic E-state index is 0.183. The van der Waals surface area contributed by atoms with Gasteiger partial charge in [0.15, 0.2) is 11.5 Å². The molecule has 0 radical (unpaired) electrons. The van der Waals surface area contributed by atoms with Crippen LogP contribution in [0.4, 0.5) is 0 Å². The molecule has 1 aliphatic rings. The van der Waals surface area contributed by atoms with Crippen LogP contribution in [0.25, 0.3) is 0 Å². The Morgan fingerprint density at radius 2 is 1.87 bits per heavy atom. The molecule has 0 saturated carbocycles. The van der Waals surface area contributed by atoms with Crippen molar-refractivity contribution in [2.45, 2.75) is 26.3 Å². The Kier molecular flexibility index (Phi) is 5.22. The largest absolute Gasteiger partial charge is 0.493 e. The summed E-state index contributed by atoms with van der Waals surface area (Å²) in [5.41, 5.74) is 2.39. The first-order chi connectivity index (χ1) is 14.5. The van der Waals surface area contributed by atoms with Crippen LogP contribution in [0.3, 0.4) is 0 Å². The summed E-state index contributed by atoms with van der Waals surface area (Å²) in [7, 11) is 1.56. The fourth-order valence-corrected chi connectivity index (χ4v) is 3.63. The molecule has 30 heavy (non-hydrogen) atoms. The number of rotatable bonds is 7. The van der Waals surface area contributed by atoms with E-state index in [1.54, 1.807) is 37.4 Å². The van der Waals surface area contributed by atoms with Crippen LogP contribution in [-0.4, -0.2) is 40.6 Å². The molecule has 0 aliphatic carbocycles. The van der Waals surface area contributed by atoms with E-state index in [1.807, 2.05) is 19.9 Å². The molecule has 1 atom stereocenters. The molecule has 0 N–H and O–H groups in total. The summed E-state index contributed by atoms with van der Waals surface area (Å²) in [6.45, 7) is 4.20. The van der Waals surface area contributed by atoms with E-state index in [1.165, 1.54) is 11.3 Å². The van der Waals surface area contributed by atoms with Crippen molar-refractivity contribution in [3.05, 3.63) is 70.9 Å². The van der Waals surface area contributed by atoms with E-state index in [4.69, 9.17) is 13.9 Å². The van der Waals surface area contributed by atoms with Crippen molar-refractivity contribution >= 4 is 11.8 Å². The van der Waals surface area contributed by atoms with E-state index in [2.05, 4.69) is 10.2 Å². The zero-order chi connectivity index (χ0) is 21.3. The van der Waals surface area contributed by atoms with Crippen LogP contribution in [0, 0.1) is 6.92 Å². The maximum atomic E-state index is 13.2. The molecule has 2 aromatic carbocycles. The van der Waals surface area contributed by atoms with Gasteiger partial charge in [-0.25, -0.2) is 0 Å².